The molecule has 7 nitrogen and oxygen atoms in total. The summed E-state index contributed by atoms with van der Waals surface area (Å²) in [6.45, 7) is 2.52. The van der Waals surface area contributed by atoms with Crippen LogP contribution in [0.1, 0.15) is 35.6 Å². The lowest BCUT2D eigenvalue weighted by atomic mass is 10.0. The minimum absolute atomic E-state index is 0.155. The largest absolute Gasteiger partial charge is 0.497 e. The summed E-state index contributed by atoms with van der Waals surface area (Å²) in [7, 11) is 3.05. The molecular formula is C24H26N4O3S. The molecule has 0 spiro atoms. The van der Waals surface area contributed by atoms with Gasteiger partial charge in [-0.1, -0.05) is 6.07 Å². The number of rotatable bonds is 7. The minimum Gasteiger partial charge on any atom is -0.497 e. The third-order valence-electron chi connectivity index (χ3n) is 5.72. The van der Waals surface area contributed by atoms with E-state index >= 15 is 0 Å². The number of methoxy groups -OCH3 is 2. The van der Waals surface area contributed by atoms with E-state index in [1.54, 1.807) is 13.3 Å². The molecule has 0 radical (unpaired) electrons. The van der Waals surface area contributed by atoms with E-state index < -0.39 is 0 Å². The van der Waals surface area contributed by atoms with Crippen molar-refractivity contribution in [2.24, 2.45) is 0 Å². The van der Waals surface area contributed by atoms with Crippen LogP contribution in [0.25, 0.3) is 5.69 Å². The first-order chi connectivity index (χ1) is 15.5. The predicted molar refractivity (Wildman–Crippen MR) is 126 cm³/mol. The minimum atomic E-state index is -0.269. The van der Waals surface area contributed by atoms with Crippen LogP contribution in [0.15, 0.2) is 60.8 Å². The van der Waals surface area contributed by atoms with Crippen LogP contribution in [0, 0.1) is 6.92 Å². The van der Waals surface area contributed by atoms with E-state index in [1.807, 2.05) is 42.5 Å². The van der Waals surface area contributed by atoms with E-state index in [9.17, 15) is 4.79 Å². The number of pyridine rings is 1. The second-order valence-electron chi connectivity index (χ2n) is 7.58. The maximum atomic E-state index is 11.9. The number of carbonyl (C=O) groups excluding carboxylic acids is 1. The zero-order valence-electron chi connectivity index (χ0n) is 18.3. The van der Waals surface area contributed by atoms with Gasteiger partial charge in [-0.3, -0.25) is 9.78 Å². The van der Waals surface area contributed by atoms with Crippen LogP contribution in [0.3, 0.4) is 0 Å². The number of esters is 1. The molecule has 0 unspecified atom stereocenters. The fourth-order valence-electron chi connectivity index (χ4n) is 4.16. The molecule has 166 valence electrons. The van der Waals surface area contributed by atoms with Crippen LogP contribution in [0.2, 0.25) is 0 Å². The highest BCUT2D eigenvalue weighted by molar-refractivity contribution is 7.80. The van der Waals surface area contributed by atoms with E-state index in [1.165, 1.54) is 7.11 Å². The topological polar surface area (TPSA) is 68.6 Å². The molecule has 0 aliphatic carbocycles. The van der Waals surface area contributed by atoms with Crippen LogP contribution in [-0.2, 0) is 9.53 Å². The second-order valence-corrected chi connectivity index (χ2v) is 7.97. The summed E-state index contributed by atoms with van der Waals surface area (Å²) in [5.74, 6) is 0.532. The molecule has 3 heterocycles. The van der Waals surface area contributed by atoms with Gasteiger partial charge in [0.25, 0.3) is 0 Å². The maximum absolute atomic E-state index is 11.9. The summed E-state index contributed by atoms with van der Waals surface area (Å²) in [6, 6.07) is 17.7. The van der Waals surface area contributed by atoms with Crippen molar-refractivity contribution in [3.05, 3.63) is 77.9 Å². The number of carbonyl (C=O) groups is 1. The highest BCUT2D eigenvalue weighted by Crippen LogP contribution is 2.40. The summed E-state index contributed by atoms with van der Waals surface area (Å²) in [4.78, 5) is 18.5. The fraction of sp³-hybridized carbons (Fsp3) is 0.292. The van der Waals surface area contributed by atoms with Gasteiger partial charge in [-0.05, 0) is 67.7 Å². The molecule has 1 aliphatic rings. The Morgan fingerprint density at radius 1 is 1.12 bits per heavy atom. The first-order valence-electron chi connectivity index (χ1n) is 10.4. The van der Waals surface area contributed by atoms with Gasteiger partial charge in [-0.2, -0.15) is 0 Å². The monoisotopic (exact) mass is 450 g/mol. The molecule has 2 aromatic heterocycles. The van der Waals surface area contributed by atoms with Gasteiger partial charge in [0.05, 0.1) is 38.4 Å². The van der Waals surface area contributed by atoms with E-state index in [-0.39, 0.29) is 24.5 Å². The smallest absolute Gasteiger partial charge is 0.307 e. The SMILES string of the molecule is COC(=O)CCN1C(=S)N[C@@H](c2ccccn2)[C@@H]1c1ccc(C)n1-c1ccc(OC)cc1. The lowest BCUT2D eigenvalue weighted by Gasteiger charge is -2.29. The van der Waals surface area contributed by atoms with Crippen molar-refractivity contribution in [2.75, 3.05) is 20.8 Å². The average Bonchev–Trinajstić information content (AvgIpc) is 3.37. The van der Waals surface area contributed by atoms with Crippen LogP contribution < -0.4 is 10.1 Å². The zero-order chi connectivity index (χ0) is 22.7. The molecule has 0 amide bonds. The molecule has 1 N–H and O–H groups in total. The van der Waals surface area contributed by atoms with Crippen molar-refractivity contribution in [2.45, 2.75) is 25.4 Å². The van der Waals surface area contributed by atoms with E-state index in [0.717, 1.165) is 28.5 Å². The molecule has 2 atom stereocenters. The van der Waals surface area contributed by atoms with E-state index in [4.69, 9.17) is 21.7 Å². The van der Waals surface area contributed by atoms with Gasteiger partial charge in [-0.25, -0.2) is 0 Å². The number of hydrogen-bond acceptors (Lipinski definition) is 5. The number of ether oxygens (including phenoxy) is 2. The van der Waals surface area contributed by atoms with E-state index in [0.29, 0.717) is 11.7 Å². The Labute approximate surface area is 193 Å². The summed E-state index contributed by atoms with van der Waals surface area (Å²) < 4.78 is 12.4. The maximum Gasteiger partial charge on any atom is 0.307 e. The number of nitrogens with one attached hydrogen (secondary N) is 1. The lowest BCUT2D eigenvalue weighted by molar-refractivity contribution is -0.140. The number of aromatic nitrogens is 2. The number of nitrogens with zero attached hydrogens (tertiary/aromatic N) is 3. The predicted octanol–water partition coefficient (Wildman–Crippen LogP) is 3.72. The van der Waals surface area contributed by atoms with Gasteiger partial charge in [-0.15, -0.1) is 0 Å². The Morgan fingerprint density at radius 3 is 2.56 bits per heavy atom. The van der Waals surface area contributed by atoms with Crippen molar-refractivity contribution in [3.63, 3.8) is 0 Å². The zero-order valence-corrected chi connectivity index (χ0v) is 19.1. The standard InChI is InChI=1S/C24H26N4O3S/c1-16-7-12-20(28(16)17-8-10-18(30-2)11-9-17)23-22(19-6-4-5-14-25-19)26-24(32)27(23)15-13-21(29)31-3/h4-12,14,22-23H,13,15H2,1-3H3,(H,26,32)/t22-,23-/m0/s1. The summed E-state index contributed by atoms with van der Waals surface area (Å²) in [5, 5.41) is 4.02. The summed E-state index contributed by atoms with van der Waals surface area (Å²) >= 11 is 5.69. The first-order valence-corrected chi connectivity index (χ1v) is 10.8. The van der Waals surface area contributed by atoms with Crippen molar-refractivity contribution in [1.82, 2.24) is 19.8 Å². The molecule has 32 heavy (non-hydrogen) atoms. The van der Waals surface area contributed by atoms with Gasteiger partial charge >= 0.3 is 5.97 Å². The lowest BCUT2D eigenvalue weighted by Crippen LogP contribution is -2.32. The van der Waals surface area contributed by atoms with Crippen LogP contribution in [0.4, 0.5) is 0 Å². The van der Waals surface area contributed by atoms with Crippen molar-refractivity contribution in [3.8, 4) is 11.4 Å². The Bertz CT molecular complexity index is 1100. The van der Waals surface area contributed by atoms with Gasteiger partial charge in [0.2, 0.25) is 0 Å². The average molecular weight is 451 g/mol. The highest BCUT2D eigenvalue weighted by Gasteiger charge is 2.41. The number of thiocarbonyl (C=S) groups is 1. The molecule has 1 aromatic carbocycles. The van der Waals surface area contributed by atoms with Crippen molar-refractivity contribution >= 4 is 23.3 Å². The number of hydrogen-bond donors (Lipinski definition) is 1. The molecule has 8 heteroatoms. The Morgan fingerprint density at radius 2 is 1.91 bits per heavy atom. The Hall–Kier alpha value is -3.39. The fourth-order valence-corrected chi connectivity index (χ4v) is 4.49. The number of benzene rings is 1. The van der Waals surface area contributed by atoms with Crippen molar-refractivity contribution < 1.29 is 14.3 Å². The summed E-state index contributed by atoms with van der Waals surface area (Å²) in [6.07, 6.45) is 2.02. The van der Waals surface area contributed by atoms with Crippen LogP contribution in [-0.4, -0.2) is 46.3 Å². The van der Waals surface area contributed by atoms with Gasteiger partial charge in [0, 0.05) is 29.8 Å². The molecule has 1 saturated heterocycles. The summed E-state index contributed by atoms with van der Waals surface area (Å²) in [5.41, 5.74) is 4.06. The van der Waals surface area contributed by atoms with E-state index in [2.05, 4.69) is 38.8 Å². The highest BCUT2D eigenvalue weighted by atomic mass is 32.1. The molecule has 4 rings (SSSR count). The third kappa shape index (κ3) is 4.18. The van der Waals surface area contributed by atoms with Gasteiger partial charge in [0.15, 0.2) is 5.11 Å². The Kier molecular flexibility index (Phi) is 6.41. The molecular weight excluding hydrogens is 424 g/mol. The normalized spacial score (nSPS) is 17.8. The molecule has 0 saturated carbocycles. The second kappa shape index (κ2) is 9.40. The van der Waals surface area contributed by atoms with Gasteiger partial charge in [0.1, 0.15) is 5.75 Å². The van der Waals surface area contributed by atoms with Gasteiger partial charge < -0.3 is 24.3 Å². The first kappa shape index (κ1) is 21.8. The number of aryl methyl sites for hydroxylation is 1. The quantitative estimate of drug-likeness (QED) is 0.435. The molecule has 0 bridgehead atoms. The molecule has 1 aliphatic heterocycles. The third-order valence-corrected chi connectivity index (χ3v) is 6.07. The van der Waals surface area contributed by atoms with Crippen LogP contribution >= 0.6 is 12.2 Å². The molecule has 3 aromatic rings. The molecule has 1 fully saturated rings. The van der Waals surface area contributed by atoms with Crippen molar-refractivity contribution in [1.29, 1.82) is 0 Å². The van der Waals surface area contributed by atoms with Crippen LogP contribution in [0.5, 0.6) is 5.75 Å². The Balaban J connectivity index is 1.79.